The summed E-state index contributed by atoms with van der Waals surface area (Å²) < 4.78 is 9.26. The van der Waals surface area contributed by atoms with Crippen LogP contribution in [-0.2, 0) is 9.47 Å². The SMILES string of the molecule is C/C=C/NC1COC(=O)OC1. The van der Waals surface area contributed by atoms with Gasteiger partial charge in [-0.25, -0.2) is 4.79 Å². The van der Waals surface area contributed by atoms with E-state index in [0.29, 0.717) is 13.2 Å². The van der Waals surface area contributed by atoms with E-state index in [-0.39, 0.29) is 6.04 Å². The molecule has 1 aliphatic heterocycles. The van der Waals surface area contributed by atoms with E-state index in [1.165, 1.54) is 0 Å². The minimum atomic E-state index is -0.580. The van der Waals surface area contributed by atoms with E-state index in [1.54, 1.807) is 6.20 Å². The molecule has 1 aliphatic rings. The van der Waals surface area contributed by atoms with Gasteiger partial charge >= 0.3 is 6.16 Å². The van der Waals surface area contributed by atoms with Crippen LogP contribution in [0.5, 0.6) is 0 Å². The average Bonchev–Trinajstić information content (AvgIpc) is 2.04. The fourth-order valence-corrected chi connectivity index (χ4v) is 0.756. The van der Waals surface area contributed by atoms with Crippen molar-refractivity contribution in [2.75, 3.05) is 13.2 Å². The van der Waals surface area contributed by atoms with E-state index in [9.17, 15) is 4.79 Å². The predicted octanol–water partition coefficient (Wildman–Crippen LogP) is 0.645. The minimum absolute atomic E-state index is 0.0869. The summed E-state index contributed by atoms with van der Waals surface area (Å²) in [5.74, 6) is 0. The summed E-state index contributed by atoms with van der Waals surface area (Å²) in [6.45, 7) is 2.66. The second-order valence-corrected chi connectivity index (χ2v) is 2.24. The molecule has 4 nitrogen and oxygen atoms in total. The van der Waals surface area contributed by atoms with Crippen LogP contribution < -0.4 is 5.32 Å². The van der Waals surface area contributed by atoms with Crippen molar-refractivity contribution in [2.24, 2.45) is 0 Å². The van der Waals surface area contributed by atoms with E-state index < -0.39 is 6.16 Å². The van der Waals surface area contributed by atoms with Crippen LogP contribution in [0.1, 0.15) is 6.92 Å². The van der Waals surface area contributed by atoms with Crippen molar-refractivity contribution in [1.82, 2.24) is 5.32 Å². The normalized spacial score (nSPS) is 19.5. The molecule has 1 heterocycles. The molecule has 4 heteroatoms. The number of hydrogen-bond acceptors (Lipinski definition) is 4. The summed E-state index contributed by atoms with van der Waals surface area (Å²) in [5.41, 5.74) is 0. The number of rotatable bonds is 2. The fraction of sp³-hybridized carbons (Fsp3) is 0.571. The summed E-state index contributed by atoms with van der Waals surface area (Å²) in [7, 11) is 0. The van der Waals surface area contributed by atoms with E-state index in [1.807, 2.05) is 13.0 Å². The van der Waals surface area contributed by atoms with Crippen molar-refractivity contribution in [3.63, 3.8) is 0 Å². The van der Waals surface area contributed by atoms with Crippen LogP contribution in [-0.4, -0.2) is 25.4 Å². The van der Waals surface area contributed by atoms with E-state index in [0.717, 1.165) is 0 Å². The Morgan fingerprint density at radius 2 is 2.18 bits per heavy atom. The molecule has 0 aliphatic carbocycles. The average molecular weight is 157 g/mol. The number of ether oxygens (including phenoxy) is 2. The Morgan fingerprint density at radius 1 is 1.55 bits per heavy atom. The first-order valence-corrected chi connectivity index (χ1v) is 3.49. The number of allylic oxidation sites excluding steroid dienone is 1. The Balaban J connectivity index is 2.22. The first-order chi connectivity index (χ1) is 5.33. The maximum absolute atomic E-state index is 10.4. The van der Waals surface area contributed by atoms with Gasteiger partial charge in [0.25, 0.3) is 0 Å². The molecule has 1 saturated heterocycles. The molecule has 0 aromatic rings. The third-order valence-electron chi connectivity index (χ3n) is 1.30. The van der Waals surface area contributed by atoms with Gasteiger partial charge in [-0.3, -0.25) is 0 Å². The lowest BCUT2D eigenvalue weighted by Crippen LogP contribution is -2.40. The van der Waals surface area contributed by atoms with Crippen LogP contribution in [0.4, 0.5) is 4.79 Å². The van der Waals surface area contributed by atoms with Crippen molar-refractivity contribution < 1.29 is 14.3 Å². The van der Waals surface area contributed by atoms with Crippen LogP contribution >= 0.6 is 0 Å². The molecule has 0 bridgehead atoms. The van der Waals surface area contributed by atoms with Crippen LogP contribution in [0.15, 0.2) is 12.3 Å². The van der Waals surface area contributed by atoms with Crippen LogP contribution in [0.2, 0.25) is 0 Å². The van der Waals surface area contributed by atoms with Crippen molar-refractivity contribution >= 4 is 6.16 Å². The van der Waals surface area contributed by atoms with Gasteiger partial charge in [-0.1, -0.05) is 6.08 Å². The van der Waals surface area contributed by atoms with Crippen molar-refractivity contribution in [1.29, 1.82) is 0 Å². The highest BCUT2D eigenvalue weighted by Crippen LogP contribution is 1.98. The van der Waals surface area contributed by atoms with E-state index in [4.69, 9.17) is 0 Å². The molecule has 11 heavy (non-hydrogen) atoms. The molecule has 1 fully saturated rings. The van der Waals surface area contributed by atoms with Gasteiger partial charge in [-0.2, -0.15) is 0 Å². The highest BCUT2D eigenvalue weighted by Gasteiger charge is 2.18. The van der Waals surface area contributed by atoms with Crippen molar-refractivity contribution in [3.05, 3.63) is 12.3 Å². The zero-order valence-corrected chi connectivity index (χ0v) is 6.37. The Bertz CT molecular complexity index is 157. The number of nitrogens with one attached hydrogen (secondary N) is 1. The molecule has 0 unspecified atom stereocenters. The molecule has 0 amide bonds. The van der Waals surface area contributed by atoms with Gasteiger partial charge in [-0.05, 0) is 13.1 Å². The standard InChI is InChI=1S/C7H11NO3/c1-2-3-8-6-4-10-7(9)11-5-6/h2-3,6,8H,4-5H2,1H3/b3-2+. The van der Waals surface area contributed by atoms with Gasteiger partial charge in [0, 0.05) is 0 Å². The molecule has 0 radical (unpaired) electrons. The third kappa shape index (κ3) is 2.49. The largest absolute Gasteiger partial charge is 0.508 e. The number of cyclic esters (lactones) is 2. The summed E-state index contributed by atoms with van der Waals surface area (Å²) in [6, 6.07) is 0.0869. The maximum Gasteiger partial charge on any atom is 0.508 e. The molecule has 0 aromatic heterocycles. The predicted molar refractivity (Wildman–Crippen MR) is 39.0 cm³/mol. The van der Waals surface area contributed by atoms with Crippen molar-refractivity contribution in [3.8, 4) is 0 Å². The second kappa shape index (κ2) is 3.85. The van der Waals surface area contributed by atoms with E-state index in [2.05, 4.69) is 14.8 Å². The first kappa shape index (κ1) is 7.91. The van der Waals surface area contributed by atoms with Crippen molar-refractivity contribution in [2.45, 2.75) is 13.0 Å². The Labute approximate surface area is 65.2 Å². The van der Waals surface area contributed by atoms with Gasteiger partial charge in [0.1, 0.15) is 13.2 Å². The molecular formula is C7H11NO3. The first-order valence-electron chi connectivity index (χ1n) is 3.49. The Hall–Kier alpha value is -1.19. The monoisotopic (exact) mass is 157 g/mol. The van der Waals surface area contributed by atoms with Gasteiger partial charge in [-0.15, -0.1) is 0 Å². The van der Waals surface area contributed by atoms with Gasteiger partial charge < -0.3 is 14.8 Å². The van der Waals surface area contributed by atoms with Gasteiger partial charge in [0.05, 0.1) is 6.04 Å². The molecule has 1 rings (SSSR count). The summed E-state index contributed by atoms with van der Waals surface area (Å²) in [5, 5.41) is 3.01. The van der Waals surface area contributed by atoms with Crippen LogP contribution in [0.3, 0.4) is 0 Å². The number of hydrogen-bond donors (Lipinski definition) is 1. The molecule has 62 valence electrons. The highest BCUT2D eigenvalue weighted by molar-refractivity contribution is 5.60. The topological polar surface area (TPSA) is 47.6 Å². The maximum atomic E-state index is 10.4. The molecular weight excluding hydrogens is 146 g/mol. The quantitative estimate of drug-likeness (QED) is 0.598. The Kier molecular flexibility index (Phi) is 2.77. The molecule has 0 atom stereocenters. The van der Waals surface area contributed by atoms with Crippen LogP contribution in [0.25, 0.3) is 0 Å². The van der Waals surface area contributed by atoms with Gasteiger partial charge in [0.15, 0.2) is 0 Å². The Morgan fingerprint density at radius 3 is 2.73 bits per heavy atom. The smallest absolute Gasteiger partial charge is 0.432 e. The lowest BCUT2D eigenvalue weighted by Gasteiger charge is -2.21. The zero-order valence-electron chi connectivity index (χ0n) is 6.37. The second-order valence-electron chi connectivity index (χ2n) is 2.24. The highest BCUT2D eigenvalue weighted by atomic mass is 16.7. The summed E-state index contributed by atoms with van der Waals surface area (Å²) in [6.07, 6.45) is 3.09. The third-order valence-corrected chi connectivity index (χ3v) is 1.30. The molecule has 0 aromatic carbocycles. The fourth-order valence-electron chi connectivity index (χ4n) is 0.756. The van der Waals surface area contributed by atoms with Gasteiger partial charge in [0.2, 0.25) is 0 Å². The molecule has 0 spiro atoms. The molecule has 0 saturated carbocycles. The minimum Gasteiger partial charge on any atom is -0.432 e. The van der Waals surface area contributed by atoms with Crippen LogP contribution in [0, 0.1) is 0 Å². The summed E-state index contributed by atoms with van der Waals surface area (Å²) in [4.78, 5) is 10.4. The van der Waals surface area contributed by atoms with E-state index >= 15 is 0 Å². The molecule has 1 N–H and O–H groups in total. The lowest BCUT2D eigenvalue weighted by atomic mass is 10.3. The lowest BCUT2D eigenvalue weighted by molar-refractivity contribution is 0.00368. The summed E-state index contributed by atoms with van der Waals surface area (Å²) >= 11 is 0. The zero-order chi connectivity index (χ0) is 8.10. The number of carbonyl (C=O) groups excluding carboxylic acids is 1. The number of carbonyl (C=O) groups is 1.